The van der Waals surface area contributed by atoms with Crippen LogP contribution in [-0.4, -0.2) is 11.6 Å². The molecule has 0 aliphatic heterocycles. The Morgan fingerprint density at radius 2 is 2.00 bits per heavy atom. The lowest BCUT2D eigenvalue weighted by Gasteiger charge is -2.11. The van der Waals surface area contributed by atoms with Crippen molar-refractivity contribution < 1.29 is 4.74 Å². The summed E-state index contributed by atoms with van der Waals surface area (Å²) < 4.78 is 5.67. The van der Waals surface area contributed by atoms with Crippen molar-refractivity contribution >= 4 is 17.0 Å². The van der Waals surface area contributed by atoms with E-state index in [1.807, 2.05) is 31.2 Å². The van der Waals surface area contributed by atoms with Gasteiger partial charge in [0.05, 0.1) is 5.69 Å². The lowest BCUT2D eigenvalue weighted by atomic mass is 10.1. The average molecular weight is 262 g/mol. The van der Waals surface area contributed by atoms with Crippen molar-refractivity contribution in [2.75, 3.05) is 12.3 Å². The van der Waals surface area contributed by atoms with E-state index in [9.17, 15) is 0 Å². The van der Waals surface area contributed by atoms with E-state index in [0.717, 1.165) is 35.0 Å². The van der Waals surface area contributed by atoms with Crippen LogP contribution in [0.5, 0.6) is 0 Å². The Morgan fingerprint density at radius 1 is 1.28 bits per heavy atom. The van der Waals surface area contributed by atoms with Crippen LogP contribution in [0.2, 0.25) is 0 Å². The predicted molar refractivity (Wildman–Crippen MR) is 76.6 cm³/mol. The number of hydrogen-bond donors (Lipinski definition) is 1. The molecule has 1 aromatic carbocycles. The fourth-order valence-electron chi connectivity index (χ4n) is 1.79. The molecule has 18 heavy (non-hydrogen) atoms. The molecule has 0 bridgehead atoms. The molecule has 0 saturated carbocycles. The number of hydrogen-bond acceptors (Lipinski definition) is 4. The fourth-order valence-corrected chi connectivity index (χ4v) is 2.75. The first-order valence-corrected chi connectivity index (χ1v) is 7.05. The van der Waals surface area contributed by atoms with Gasteiger partial charge in [-0.2, -0.15) is 0 Å². The lowest BCUT2D eigenvalue weighted by molar-refractivity contribution is 0.0597. The summed E-state index contributed by atoms with van der Waals surface area (Å²) in [5.74, 6) is 0. The number of thiazole rings is 1. The van der Waals surface area contributed by atoms with Gasteiger partial charge in [-0.25, -0.2) is 4.98 Å². The molecule has 0 aliphatic rings. The quantitative estimate of drug-likeness (QED) is 0.832. The van der Waals surface area contributed by atoms with Crippen LogP contribution in [0.25, 0.3) is 11.3 Å². The average Bonchev–Trinajstić information content (AvgIpc) is 2.86. The summed E-state index contributed by atoms with van der Waals surface area (Å²) in [4.78, 5) is 4.65. The minimum Gasteiger partial charge on any atom is -0.399 e. The first-order valence-electron chi connectivity index (χ1n) is 6.17. The Balaban J connectivity index is 2.21. The number of aromatic nitrogens is 1. The third kappa shape index (κ3) is 2.89. The highest BCUT2D eigenvalue weighted by Gasteiger charge is 2.14. The van der Waals surface area contributed by atoms with Gasteiger partial charge in [0.15, 0.2) is 0 Å². The summed E-state index contributed by atoms with van der Waals surface area (Å²) in [7, 11) is 0. The second-order valence-corrected chi connectivity index (χ2v) is 4.93. The number of nitrogens with two attached hydrogens (primary N) is 1. The molecule has 1 heterocycles. The van der Waals surface area contributed by atoms with E-state index in [1.54, 1.807) is 11.3 Å². The molecule has 0 saturated heterocycles. The number of benzene rings is 1. The van der Waals surface area contributed by atoms with Crippen LogP contribution in [-0.2, 0) is 4.74 Å². The van der Waals surface area contributed by atoms with Crippen molar-refractivity contribution in [3.8, 4) is 11.3 Å². The molecule has 2 rings (SSSR count). The summed E-state index contributed by atoms with van der Waals surface area (Å²) in [5.41, 5.74) is 8.54. The highest BCUT2D eigenvalue weighted by atomic mass is 32.1. The largest absolute Gasteiger partial charge is 0.399 e. The molecule has 0 amide bonds. The first kappa shape index (κ1) is 13.1. The number of rotatable bonds is 5. The van der Waals surface area contributed by atoms with Gasteiger partial charge in [0.2, 0.25) is 0 Å². The topological polar surface area (TPSA) is 48.1 Å². The highest BCUT2D eigenvalue weighted by molar-refractivity contribution is 7.10. The fraction of sp³-hybridized carbons (Fsp3) is 0.357. The third-order valence-corrected chi connectivity index (χ3v) is 3.68. The van der Waals surface area contributed by atoms with E-state index in [2.05, 4.69) is 17.3 Å². The highest BCUT2D eigenvalue weighted by Crippen LogP contribution is 2.29. The van der Waals surface area contributed by atoms with Gasteiger partial charge in [-0.15, -0.1) is 11.3 Å². The number of nitrogens with zero attached hydrogens (tertiary/aromatic N) is 1. The number of ether oxygens (including phenoxy) is 1. The Bertz CT molecular complexity index is 493. The van der Waals surface area contributed by atoms with Gasteiger partial charge >= 0.3 is 0 Å². The second-order valence-electron chi connectivity index (χ2n) is 4.05. The van der Waals surface area contributed by atoms with Crippen LogP contribution in [0.3, 0.4) is 0 Å². The van der Waals surface area contributed by atoms with Crippen molar-refractivity contribution in [1.82, 2.24) is 4.98 Å². The van der Waals surface area contributed by atoms with Crippen LogP contribution >= 0.6 is 11.3 Å². The Labute approximate surface area is 112 Å². The van der Waals surface area contributed by atoms with Gasteiger partial charge in [-0.05, 0) is 25.5 Å². The van der Waals surface area contributed by atoms with Crippen LogP contribution in [0.4, 0.5) is 5.69 Å². The molecule has 2 N–H and O–H groups in total. The lowest BCUT2D eigenvalue weighted by Crippen LogP contribution is -2.02. The molecule has 3 nitrogen and oxygen atoms in total. The first-order chi connectivity index (χ1) is 8.74. The van der Waals surface area contributed by atoms with Crippen LogP contribution in [0, 0.1) is 0 Å². The van der Waals surface area contributed by atoms with E-state index in [0.29, 0.717) is 0 Å². The number of nitrogen functional groups attached to an aromatic ring is 1. The molecule has 1 aromatic heterocycles. The molecule has 1 atom stereocenters. The molecule has 0 aliphatic carbocycles. The van der Waals surface area contributed by atoms with Gasteiger partial charge in [-0.1, -0.05) is 19.1 Å². The van der Waals surface area contributed by atoms with E-state index in [-0.39, 0.29) is 6.10 Å². The van der Waals surface area contributed by atoms with Gasteiger partial charge < -0.3 is 10.5 Å². The Hall–Kier alpha value is -1.39. The van der Waals surface area contributed by atoms with Crippen molar-refractivity contribution in [2.45, 2.75) is 26.4 Å². The molecule has 4 heteroatoms. The molecule has 2 aromatic rings. The summed E-state index contributed by atoms with van der Waals surface area (Å²) >= 11 is 1.65. The maximum absolute atomic E-state index is 5.68. The van der Waals surface area contributed by atoms with Crippen LogP contribution in [0.15, 0.2) is 29.6 Å². The maximum Gasteiger partial charge on any atom is 0.122 e. The zero-order chi connectivity index (χ0) is 13.0. The minimum absolute atomic E-state index is 0.113. The second kappa shape index (κ2) is 5.98. The zero-order valence-electron chi connectivity index (χ0n) is 10.7. The third-order valence-electron chi connectivity index (χ3n) is 2.74. The molecule has 0 spiro atoms. The smallest absolute Gasteiger partial charge is 0.122 e. The molecule has 0 fully saturated rings. The standard InChI is InChI=1S/C14H18N2OS/c1-3-13(17-4-2)14-16-12(9-18-14)10-5-7-11(15)8-6-10/h5-9,13H,3-4,15H2,1-2H3. The molecular formula is C14H18N2OS. The normalized spacial score (nSPS) is 12.6. The maximum atomic E-state index is 5.68. The van der Waals surface area contributed by atoms with Crippen molar-refractivity contribution in [2.24, 2.45) is 0 Å². The van der Waals surface area contributed by atoms with Gasteiger partial charge in [0.1, 0.15) is 11.1 Å². The minimum atomic E-state index is 0.113. The van der Waals surface area contributed by atoms with E-state index < -0.39 is 0 Å². The summed E-state index contributed by atoms with van der Waals surface area (Å²) in [6.07, 6.45) is 1.06. The SMILES string of the molecule is CCOC(CC)c1nc(-c2ccc(N)cc2)cs1. The zero-order valence-corrected chi connectivity index (χ0v) is 11.5. The van der Waals surface area contributed by atoms with Gasteiger partial charge in [0.25, 0.3) is 0 Å². The van der Waals surface area contributed by atoms with Crippen molar-refractivity contribution in [3.63, 3.8) is 0 Å². The Morgan fingerprint density at radius 3 is 2.61 bits per heavy atom. The molecule has 96 valence electrons. The van der Waals surface area contributed by atoms with Gasteiger partial charge in [-0.3, -0.25) is 0 Å². The number of anilines is 1. The predicted octanol–water partition coefficient (Wildman–Crippen LogP) is 3.88. The van der Waals surface area contributed by atoms with Crippen LogP contribution in [0.1, 0.15) is 31.4 Å². The van der Waals surface area contributed by atoms with E-state index in [1.165, 1.54) is 0 Å². The molecular weight excluding hydrogens is 244 g/mol. The van der Waals surface area contributed by atoms with E-state index in [4.69, 9.17) is 10.5 Å². The summed E-state index contributed by atoms with van der Waals surface area (Å²) in [5, 5.41) is 3.12. The van der Waals surface area contributed by atoms with E-state index >= 15 is 0 Å². The molecule has 1 unspecified atom stereocenters. The van der Waals surface area contributed by atoms with Crippen molar-refractivity contribution in [1.29, 1.82) is 0 Å². The Kier molecular flexibility index (Phi) is 4.33. The summed E-state index contributed by atoms with van der Waals surface area (Å²) in [6.45, 7) is 4.84. The monoisotopic (exact) mass is 262 g/mol. The van der Waals surface area contributed by atoms with Gasteiger partial charge in [0, 0.05) is 23.2 Å². The van der Waals surface area contributed by atoms with Crippen molar-refractivity contribution in [3.05, 3.63) is 34.7 Å². The summed E-state index contributed by atoms with van der Waals surface area (Å²) in [6, 6.07) is 7.79. The molecule has 0 radical (unpaired) electrons. The van der Waals surface area contributed by atoms with Crippen LogP contribution < -0.4 is 5.73 Å².